The molecule has 1 aliphatic rings. The number of hydrogen-bond acceptors (Lipinski definition) is 11. The summed E-state index contributed by atoms with van der Waals surface area (Å²) < 4.78 is 28.5. The van der Waals surface area contributed by atoms with Gasteiger partial charge in [0.25, 0.3) is 0 Å². The molecule has 1 aliphatic heterocycles. The summed E-state index contributed by atoms with van der Waals surface area (Å²) in [4.78, 5) is 51.2. The molecule has 0 aromatic heterocycles. The van der Waals surface area contributed by atoms with E-state index in [1.165, 1.54) is 128 Å². The van der Waals surface area contributed by atoms with Crippen LogP contribution in [-0.4, -0.2) is 89.2 Å². The Morgan fingerprint density at radius 1 is 0.442 bits per heavy atom. The number of allylic oxidation sites excluding steroid dienone is 10. The fourth-order valence-electron chi connectivity index (χ4n) is 9.30. The van der Waals surface area contributed by atoms with E-state index in [2.05, 4.69) is 81.5 Å². The molecule has 444 valence electrons. The van der Waals surface area contributed by atoms with Gasteiger partial charge in [0.2, 0.25) is 0 Å². The van der Waals surface area contributed by atoms with Crippen LogP contribution in [0.15, 0.2) is 60.8 Å². The number of ether oxygens (including phenoxy) is 5. The average molecular weight is 1090 g/mol. The van der Waals surface area contributed by atoms with Crippen molar-refractivity contribution in [1.82, 2.24) is 0 Å². The summed E-state index contributed by atoms with van der Waals surface area (Å²) in [6.45, 7) is 5.86. The molecule has 1 fully saturated rings. The number of hydrogen-bond donors (Lipinski definition) is 3. The van der Waals surface area contributed by atoms with Crippen molar-refractivity contribution in [2.24, 2.45) is 0 Å². The van der Waals surface area contributed by atoms with Crippen LogP contribution < -0.4 is 0 Å². The minimum atomic E-state index is -1.91. The minimum absolute atomic E-state index is 0.0523. The Kier molecular flexibility index (Phi) is 49.2. The van der Waals surface area contributed by atoms with Crippen LogP contribution in [0, 0.1) is 0 Å². The number of unbranched alkanes of at least 4 members (excludes halogenated alkanes) is 29. The monoisotopic (exact) mass is 1080 g/mol. The average Bonchev–Trinajstić information content (AvgIpc) is 3.42. The van der Waals surface area contributed by atoms with Crippen molar-refractivity contribution in [3.63, 3.8) is 0 Å². The zero-order chi connectivity index (χ0) is 56.1. The van der Waals surface area contributed by atoms with Crippen LogP contribution in [0.5, 0.6) is 0 Å². The zero-order valence-corrected chi connectivity index (χ0v) is 49.0. The van der Waals surface area contributed by atoms with Crippen LogP contribution in [0.25, 0.3) is 0 Å². The molecule has 3 N–H and O–H groups in total. The molecule has 1 saturated heterocycles. The largest absolute Gasteiger partial charge is 0.479 e. The lowest BCUT2D eigenvalue weighted by Gasteiger charge is -2.40. The van der Waals surface area contributed by atoms with E-state index in [1.807, 2.05) is 0 Å². The number of esters is 3. The lowest BCUT2D eigenvalue weighted by Crippen LogP contribution is -2.61. The Balaban J connectivity index is 2.69. The van der Waals surface area contributed by atoms with Crippen LogP contribution in [0.1, 0.15) is 278 Å². The standard InChI is InChI=1S/C65H112O12/c1-4-7-10-13-16-19-22-25-28-29-32-35-38-41-44-47-50-53-59(68)76-63-61(70)60(69)62(64(71)72)77-65(63)74-55-56(75-58(67)52-49-46-43-40-37-34-31-27-24-21-18-15-12-9-6-3)54-73-57(66)51-48-45-42-39-36-33-30-26-23-20-17-14-11-8-5-2/h8,11,17,20,25-26,28,30,36,39,56,60-63,65,69-70H,4-7,9-10,12-16,18-19,21-24,27,29,31-35,37-38,40-55H2,1-3H3,(H,71,72)/b11-8-,20-17-,28-25-,30-26-,39-36-. The van der Waals surface area contributed by atoms with Gasteiger partial charge in [-0.1, -0.05) is 236 Å². The van der Waals surface area contributed by atoms with Crippen LogP contribution in [0.3, 0.4) is 0 Å². The molecular weight excluding hydrogens is 973 g/mol. The Hall–Kier alpha value is -3.58. The van der Waals surface area contributed by atoms with Crippen molar-refractivity contribution in [1.29, 1.82) is 0 Å². The number of aliphatic carboxylic acids is 1. The number of aliphatic hydroxyl groups is 2. The second kappa shape index (κ2) is 53.1. The van der Waals surface area contributed by atoms with Gasteiger partial charge < -0.3 is 39.0 Å². The molecule has 0 amide bonds. The molecule has 1 heterocycles. The predicted octanol–water partition coefficient (Wildman–Crippen LogP) is 16.3. The number of rotatable bonds is 53. The Labute approximate surface area is 468 Å². The molecule has 0 aromatic rings. The van der Waals surface area contributed by atoms with E-state index in [1.54, 1.807) is 0 Å². The molecule has 77 heavy (non-hydrogen) atoms. The SMILES string of the molecule is CC/C=C\C/C=C\C/C=C\C/C=C\CCCCC(=O)OCC(COC1OC(C(=O)O)C(O)C(O)C1OC(=O)CCCCCCCCC/C=C\CCCCCCCC)OC(=O)CCCCCCCCCCCCCCCCC. The lowest BCUT2D eigenvalue weighted by molar-refractivity contribution is -0.301. The van der Waals surface area contributed by atoms with Gasteiger partial charge in [0, 0.05) is 19.3 Å². The second-order valence-electron chi connectivity index (χ2n) is 21.3. The van der Waals surface area contributed by atoms with Crippen LogP contribution in [0.2, 0.25) is 0 Å². The van der Waals surface area contributed by atoms with E-state index in [4.69, 9.17) is 23.7 Å². The lowest BCUT2D eigenvalue weighted by atomic mass is 9.98. The fraction of sp³-hybridized carbons (Fsp3) is 0.785. The van der Waals surface area contributed by atoms with Gasteiger partial charge in [0.15, 0.2) is 24.6 Å². The van der Waals surface area contributed by atoms with E-state index in [9.17, 15) is 34.5 Å². The Morgan fingerprint density at radius 2 is 0.818 bits per heavy atom. The van der Waals surface area contributed by atoms with Crippen molar-refractivity contribution in [3.8, 4) is 0 Å². The molecule has 6 unspecified atom stereocenters. The van der Waals surface area contributed by atoms with Gasteiger partial charge in [-0.25, -0.2) is 4.79 Å². The Morgan fingerprint density at radius 3 is 1.29 bits per heavy atom. The topological polar surface area (TPSA) is 175 Å². The van der Waals surface area contributed by atoms with Crippen molar-refractivity contribution < 1.29 is 58.2 Å². The molecule has 6 atom stereocenters. The first-order valence-electron chi connectivity index (χ1n) is 31.3. The maximum absolute atomic E-state index is 13.2. The summed E-state index contributed by atoms with van der Waals surface area (Å²) in [6.07, 6.45) is 53.3. The van der Waals surface area contributed by atoms with Gasteiger partial charge in [-0.2, -0.15) is 0 Å². The maximum Gasteiger partial charge on any atom is 0.335 e. The van der Waals surface area contributed by atoms with E-state index in [0.29, 0.717) is 19.3 Å². The third kappa shape index (κ3) is 43.0. The number of aliphatic hydroxyl groups excluding tert-OH is 2. The number of carboxylic acid groups (broad SMARTS) is 1. The molecule has 0 bridgehead atoms. The maximum atomic E-state index is 13.2. The summed E-state index contributed by atoms with van der Waals surface area (Å²) in [5.41, 5.74) is 0. The number of carboxylic acids is 1. The first-order valence-corrected chi connectivity index (χ1v) is 31.3. The number of carbonyl (C=O) groups is 4. The van der Waals surface area contributed by atoms with Crippen LogP contribution in [0.4, 0.5) is 0 Å². The van der Waals surface area contributed by atoms with Gasteiger partial charge in [-0.15, -0.1) is 0 Å². The van der Waals surface area contributed by atoms with Gasteiger partial charge in [-0.3, -0.25) is 14.4 Å². The summed E-state index contributed by atoms with van der Waals surface area (Å²) in [6, 6.07) is 0. The van der Waals surface area contributed by atoms with Crippen molar-refractivity contribution in [2.45, 2.75) is 314 Å². The normalized spacial score (nSPS) is 18.4. The van der Waals surface area contributed by atoms with Gasteiger partial charge >= 0.3 is 23.9 Å². The fourth-order valence-corrected chi connectivity index (χ4v) is 9.30. The van der Waals surface area contributed by atoms with E-state index >= 15 is 0 Å². The molecule has 0 aliphatic carbocycles. The highest BCUT2D eigenvalue weighted by molar-refractivity contribution is 5.74. The van der Waals surface area contributed by atoms with E-state index in [-0.39, 0.29) is 25.9 Å². The molecule has 0 spiro atoms. The molecule has 0 radical (unpaired) electrons. The smallest absolute Gasteiger partial charge is 0.335 e. The van der Waals surface area contributed by atoms with Crippen molar-refractivity contribution >= 4 is 23.9 Å². The van der Waals surface area contributed by atoms with Crippen LogP contribution >= 0.6 is 0 Å². The highest BCUT2D eigenvalue weighted by atomic mass is 16.7. The molecule has 0 aromatic carbocycles. The molecule has 0 saturated carbocycles. The third-order valence-corrected chi connectivity index (χ3v) is 14.1. The summed E-state index contributed by atoms with van der Waals surface area (Å²) >= 11 is 0. The molecular formula is C65H112O12. The quantitative estimate of drug-likeness (QED) is 0.0228. The summed E-state index contributed by atoms with van der Waals surface area (Å²) in [7, 11) is 0. The van der Waals surface area contributed by atoms with E-state index < -0.39 is 67.3 Å². The summed E-state index contributed by atoms with van der Waals surface area (Å²) in [5.74, 6) is -3.16. The number of carbonyl (C=O) groups excluding carboxylic acids is 3. The molecule has 12 heteroatoms. The second-order valence-corrected chi connectivity index (χ2v) is 21.3. The highest BCUT2D eigenvalue weighted by Gasteiger charge is 2.50. The Bertz CT molecular complexity index is 1570. The highest BCUT2D eigenvalue weighted by Crippen LogP contribution is 2.27. The van der Waals surface area contributed by atoms with Crippen molar-refractivity contribution in [2.75, 3.05) is 13.2 Å². The van der Waals surface area contributed by atoms with Gasteiger partial charge in [0.05, 0.1) is 6.61 Å². The van der Waals surface area contributed by atoms with E-state index in [0.717, 1.165) is 89.9 Å². The summed E-state index contributed by atoms with van der Waals surface area (Å²) in [5, 5.41) is 31.5. The van der Waals surface area contributed by atoms with Gasteiger partial charge in [-0.05, 0) is 83.5 Å². The minimum Gasteiger partial charge on any atom is -0.479 e. The zero-order valence-electron chi connectivity index (χ0n) is 49.0. The van der Waals surface area contributed by atoms with Crippen LogP contribution in [-0.2, 0) is 42.9 Å². The predicted molar refractivity (Wildman–Crippen MR) is 312 cm³/mol. The van der Waals surface area contributed by atoms with Crippen molar-refractivity contribution in [3.05, 3.63) is 60.8 Å². The molecule has 1 rings (SSSR count). The first-order chi connectivity index (χ1) is 37.6. The third-order valence-electron chi connectivity index (χ3n) is 14.1. The first kappa shape index (κ1) is 71.4. The van der Waals surface area contributed by atoms with Gasteiger partial charge in [0.1, 0.15) is 18.8 Å². The molecule has 12 nitrogen and oxygen atoms in total.